The Balaban J connectivity index is 1.96. The fourth-order valence-electron chi connectivity index (χ4n) is 4.12. The molecule has 5 heteroatoms. The Labute approximate surface area is 152 Å². The van der Waals surface area contributed by atoms with Gasteiger partial charge < -0.3 is 15.4 Å². The zero-order valence-electron chi connectivity index (χ0n) is 16.2. The predicted molar refractivity (Wildman–Crippen MR) is 99.6 cm³/mol. The van der Waals surface area contributed by atoms with Crippen molar-refractivity contribution in [2.45, 2.75) is 90.2 Å². The van der Waals surface area contributed by atoms with Gasteiger partial charge in [-0.3, -0.25) is 4.79 Å². The normalized spacial score (nSPS) is 29.7. The summed E-state index contributed by atoms with van der Waals surface area (Å²) in [7, 11) is 0. The van der Waals surface area contributed by atoms with E-state index in [2.05, 4.69) is 10.6 Å². The quantitative estimate of drug-likeness (QED) is 0.753. The largest absolute Gasteiger partial charge is 0.444 e. The van der Waals surface area contributed by atoms with Crippen molar-refractivity contribution in [2.24, 2.45) is 11.8 Å². The first kappa shape index (κ1) is 20.2. The molecule has 5 nitrogen and oxygen atoms in total. The Morgan fingerprint density at radius 1 is 1.12 bits per heavy atom. The van der Waals surface area contributed by atoms with Crippen molar-refractivity contribution in [1.82, 2.24) is 10.6 Å². The number of ketones is 1. The molecule has 0 aromatic rings. The summed E-state index contributed by atoms with van der Waals surface area (Å²) in [5, 5.41) is 6.62. The zero-order valence-corrected chi connectivity index (χ0v) is 16.2. The molecule has 1 amide bonds. The molecule has 0 spiro atoms. The molecule has 2 N–H and O–H groups in total. The van der Waals surface area contributed by atoms with Gasteiger partial charge in [-0.15, -0.1) is 0 Å². The average Bonchev–Trinajstić information content (AvgIpc) is 2.85. The molecule has 1 heterocycles. The van der Waals surface area contributed by atoms with Crippen LogP contribution in [-0.4, -0.2) is 36.6 Å². The number of hydrogen-bond acceptors (Lipinski definition) is 4. The number of amides is 1. The van der Waals surface area contributed by atoms with Crippen LogP contribution in [0.3, 0.4) is 0 Å². The molecule has 144 valence electrons. The van der Waals surface area contributed by atoms with Crippen LogP contribution < -0.4 is 10.6 Å². The molecule has 1 saturated carbocycles. The zero-order chi connectivity index (χ0) is 18.3. The van der Waals surface area contributed by atoms with Crippen molar-refractivity contribution in [3.05, 3.63) is 0 Å². The van der Waals surface area contributed by atoms with Crippen LogP contribution in [0, 0.1) is 11.8 Å². The lowest BCUT2D eigenvalue weighted by Gasteiger charge is -2.27. The third-order valence-electron chi connectivity index (χ3n) is 5.35. The van der Waals surface area contributed by atoms with Crippen LogP contribution in [0.2, 0.25) is 0 Å². The van der Waals surface area contributed by atoms with Gasteiger partial charge in [-0.25, -0.2) is 4.79 Å². The summed E-state index contributed by atoms with van der Waals surface area (Å²) in [6, 6.07) is 0.102. The molecule has 3 atom stereocenters. The average molecular weight is 353 g/mol. The molecule has 1 aliphatic carbocycles. The topological polar surface area (TPSA) is 67.4 Å². The summed E-state index contributed by atoms with van der Waals surface area (Å²) < 4.78 is 5.42. The number of carbonyl (C=O) groups excluding carboxylic acids is 2. The fraction of sp³-hybridized carbons (Fsp3) is 0.900. The first-order chi connectivity index (χ1) is 11.8. The van der Waals surface area contributed by atoms with Crippen LogP contribution in [-0.2, 0) is 9.53 Å². The molecule has 0 aromatic carbocycles. The minimum Gasteiger partial charge on any atom is -0.444 e. The van der Waals surface area contributed by atoms with Crippen LogP contribution in [0.25, 0.3) is 0 Å². The van der Waals surface area contributed by atoms with E-state index in [1.165, 1.54) is 25.7 Å². The van der Waals surface area contributed by atoms with Crippen LogP contribution >= 0.6 is 0 Å². The van der Waals surface area contributed by atoms with Crippen LogP contribution in [0.1, 0.15) is 78.6 Å². The Morgan fingerprint density at radius 2 is 1.84 bits per heavy atom. The van der Waals surface area contributed by atoms with Crippen molar-refractivity contribution < 1.29 is 14.3 Å². The highest BCUT2D eigenvalue weighted by molar-refractivity contribution is 5.78. The molecular weight excluding hydrogens is 316 g/mol. The van der Waals surface area contributed by atoms with Gasteiger partial charge in [0.25, 0.3) is 0 Å². The van der Waals surface area contributed by atoms with Crippen molar-refractivity contribution in [1.29, 1.82) is 0 Å². The van der Waals surface area contributed by atoms with E-state index in [9.17, 15) is 9.59 Å². The van der Waals surface area contributed by atoms with Crippen molar-refractivity contribution in [3.8, 4) is 0 Å². The number of rotatable bonds is 1. The maximum absolute atomic E-state index is 12.3. The number of hydrogen-bond donors (Lipinski definition) is 2. The van der Waals surface area contributed by atoms with E-state index >= 15 is 0 Å². The lowest BCUT2D eigenvalue weighted by Crippen LogP contribution is -2.45. The lowest BCUT2D eigenvalue weighted by molar-refractivity contribution is -0.120. The summed E-state index contributed by atoms with van der Waals surface area (Å²) in [6.45, 7) is 7.53. The van der Waals surface area contributed by atoms with Gasteiger partial charge in [-0.1, -0.05) is 19.3 Å². The minimum absolute atomic E-state index is 0.102. The molecule has 2 rings (SSSR count). The van der Waals surface area contributed by atoms with E-state index in [-0.39, 0.29) is 12.1 Å². The summed E-state index contributed by atoms with van der Waals surface area (Å²) in [5.41, 5.74) is -0.485. The first-order valence-corrected chi connectivity index (χ1v) is 10.1. The monoisotopic (exact) mass is 352 g/mol. The summed E-state index contributed by atoms with van der Waals surface area (Å²) in [6.07, 6.45) is 8.84. The number of alkyl carbamates (subject to hydrolysis) is 1. The van der Waals surface area contributed by atoms with E-state index in [0.717, 1.165) is 38.8 Å². The molecule has 0 radical (unpaired) electrons. The lowest BCUT2D eigenvalue weighted by atomic mass is 9.88. The van der Waals surface area contributed by atoms with Gasteiger partial charge in [0, 0.05) is 25.4 Å². The third-order valence-corrected chi connectivity index (χ3v) is 5.35. The predicted octanol–water partition coefficient (Wildman–Crippen LogP) is 3.81. The Bertz CT molecular complexity index is 445. The van der Waals surface area contributed by atoms with Gasteiger partial charge in [0.15, 0.2) is 0 Å². The van der Waals surface area contributed by atoms with Gasteiger partial charge in [0.1, 0.15) is 11.4 Å². The highest BCUT2D eigenvalue weighted by atomic mass is 16.6. The first-order valence-electron chi connectivity index (χ1n) is 10.1. The number of ether oxygens (including phenoxy) is 1. The Morgan fingerprint density at radius 3 is 2.60 bits per heavy atom. The molecule has 0 bridgehead atoms. The van der Waals surface area contributed by atoms with Crippen LogP contribution in [0.4, 0.5) is 4.79 Å². The second-order valence-corrected chi connectivity index (χ2v) is 8.72. The van der Waals surface area contributed by atoms with E-state index < -0.39 is 5.60 Å². The molecular formula is C20H36N2O3. The third kappa shape index (κ3) is 7.35. The second-order valence-electron chi connectivity index (χ2n) is 8.72. The molecule has 1 aliphatic heterocycles. The molecule has 3 unspecified atom stereocenters. The van der Waals surface area contributed by atoms with E-state index in [4.69, 9.17) is 4.74 Å². The van der Waals surface area contributed by atoms with E-state index in [0.29, 0.717) is 24.0 Å². The number of fused-ring (bicyclic) bond motifs is 1. The number of nitrogens with one attached hydrogen (secondary N) is 2. The van der Waals surface area contributed by atoms with Crippen molar-refractivity contribution in [2.75, 3.05) is 13.1 Å². The molecule has 2 aliphatic rings. The summed E-state index contributed by atoms with van der Waals surface area (Å²) in [5.74, 6) is 1.09. The maximum Gasteiger partial charge on any atom is 0.407 e. The minimum atomic E-state index is -0.485. The standard InChI is InChI=1S/C20H36N2O3/c1-20(2,3)25-19(24)22-18-11-10-15-13-16(23)9-7-5-4-6-8-12-21-14-17(15)18/h15,17-18,21H,4-14H2,1-3H3,(H,22,24). The van der Waals surface area contributed by atoms with Gasteiger partial charge >= 0.3 is 6.09 Å². The summed E-state index contributed by atoms with van der Waals surface area (Å²) in [4.78, 5) is 24.5. The van der Waals surface area contributed by atoms with Gasteiger partial charge in [0.2, 0.25) is 0 Å². The van der Waals surface area contributed by atoms with Gasteiger partial charge in [0.05, 0.1) is 0 Å². The molecule has 0 aromatic heterocycles. The Hall–Kier alpha value is -1.10. The molecule has 2 fully saturated rings. The van der Waals surface area contributed by atoms with Crippen LogP contribution in [0.5, 0.6) is 0 Å². The highest BCUT2D eigenvalue weighted by Gasteiger charge is 2.38. The van der Waals surface area contributed by atoms with Gasteiger partial charge in [-0.2, -0.15) is 0 Å². The Kier molecular flexibility index (Phi) is 7.73. The maximum atomic E-state index is 12.3. The second kappa shape index (κ2) is 9.56. The van der Waals surface area contributed by atoms with Crippen molar-refractivity contribution >= 4 is 11.9 Å². The fourth-order valence-corrected chi connectivity index (χ4v) is 4.12. The van der Waals surface area contributed by atoms with E-state index in [1.54, 1.807) is 0 Å². The SMILES string of the molecule is CC(C)(C)OC(=O)NC1CCC2CC(=O)CCCCCCCNCC21. The molecule has 25 heavy (non-hydrogen) atoms. The number of carbonyl (C=O) groups is 2. The van der Waals surface area contributed by atoms with Gasteiger partial charge in [-0.05, 0) is 64.8 Å². The highest BCUT2D eigenvalue weighted by Crippen LogP contribution is 2.35. The van der Waals surface area contributed by atoms with E-state index in [1.807, 2.05) is 20.8 Å². The molecule has 1 saturated heterocycles. The summed E-state index contributed by atoms with van der Waals surface area (Å²) >= 11 is 0. The number of Topliss-reactive ketones (excluding diaryl/α,β-unsaturated/α-hetero) is 1. The smallest absolute Gasteiger partial charge is 0.407 e. The van der Waals surface area contributed by atoms with Crippen molar-refractivity contribution in [3.63, 3.8) is 0 Å². The van der Waals surface area contributed by atoms with Crippen LogP contribution in [0.15, 0.2) is 0 Å².